The highest BCUT2D eigenvalue weighted by Crippen LogP contribution is 2.40. The SMILES string of the molecule is CCC(CC)Nc1nc(NCc2ccccc2Sc2ccccc2CO)nc2ccccc12.NC(=O)C1CCCN(c2nc(NCc3ccccc3Sc3ccccc3CO)nc3ccccc23)C1.OCc1ccccc1Sc1ccccc1CNc1nc(NC2CCCCC2)c2ccccc2n1.OCc1ccccc1Sc1ccccc1CNc1nc(NC2CCOCC2)c2ccccc2n1. The molecule has 27 heteroatoms. The summed E-state index contributed by atoms with van der Waals surface area (Å²) in [5.41, 5.74) is 17.5. The summed E-state index contributed by atoms with van der Waals surface area (Å²) in [6.07, 6.45) is 12.0. The molecule has 137 heavy (non-hydrogen) atoms. The first-order valence-electron chi connectivity index (χ1n) is 47.2. The Hall–Kier alpha value is -12.9. The number of aromatic nitrogens is 8. The van der Waals surface area contributed by atoms with Crippen LogP contribution in [-0.2, 0) is 62.1 Å². The molecule has 1 amide bonds. The van der Waals surface area contributed by atoms with E-state index < -0.39 is 0 Å². The Morgan fingerprint density at radius 1 is 0.350 bits per heavy atom. The standard InChI is InChI=1S/C28H29N5O2S.C28H30N4OS.C27H28N4O2S.C27H30N4OS/c29-26(35)20-10-7-15-33(17-20)27-22-11-3-4-12-23(22)31-28(32-27)30-16-19-8-1-5-13-24(19)36-25-14-6-2-9-21(25)18-34;33-19-21-11-5-9-17-26(21)34-25-16-8-4-10-20(25)18-29-28-31-24-15-7-6-14-23(24)27(32-28)30-22-12-2-1-3-13-22;32-18-20-8-2-6-12-25(20)34-24-11-5-1-7-19(24)17-28-27-30-23-10-4-3-9-22(23)26(31-27)29-21-13-15-33-16-14-21;1-3-21(4-2)29-26-22-13-7-8-14-23(22)30-27(31-26)28-17-19-11-5-9-15-24(19)33-25-16-10-6-12-20(25)18-32/h1-6,8-9,11-14,20,34H,7,10,15-18H2,(H2,29,35)(H,30,31,32);4-11,14-17,22,33H,1-3,12-13,18-19H2,(H2,29,30,31,32);1-12,21,32H,13-18H2,(H2,28,29,30,31);5-16,21,32H,3-4,17-18H2,1-2H3,(H2,28,29,30,31). The van der Waals surface area contributed by atoms with Gasteiger partial charge in [-0.1, -0.05) is 274 Å². The number of hydrogen-bond donors (Lipinski definition) is 12. The molecule has 1 aliphatic carbocycles. The van der Waals surface area contributed by atoms with Crippen LogP contribution in [0.4, 0.5) is 47.1 Å². The number of anilines is 8. The number of rotatable bonds is 34. The molecule has 6 heterocycles. The number of aliphatic hydroxyl groups excluding tert-OH is 4. The van der Waals surface area contributed by atoms with Crippen molar-refractivity contribution in [3.05, 3.63) is 336 Å². The molecule has 0 bridgehead atoms. The Morgan fingerprint density at radius 3 is 0.993 bits per heavy atom. The minimum absolute atomic E-state index is 0.00437. The molecule has 2 aliphatic heterocycles. The van der Waals surface area contributed by atoms with Crippen molar-refractivity contribution in [2.45, 2.75) is 194 Å². The summed E-state index contributed by atoms with van der Waals surface area (Å²) in [6.45, 7) is 9.78. The monoisotopic (exact) mass is 1900 g/mol. The number of amides is 1. The summed E-state index contributed by atoms with van der Waals surface area (Å²) in [6, 6.07) is 98.5. The zero-order chi connectivity index (χ0) is 94.3. The number of nitrogens with two attached hydrogens (primary N) is 1. The summed E-state index contributed by atoms with van der Waals surface area (Å²) in [5.74, 6) is 5.43. The van der Waals surface area contributed by atoms with Crippen molar-refractivity contribution in [1.82, 2.24) is 39.9 Å². The molecule has 0 radical (unpaired) electrons. The van der Waals surface area contributed by atoms with Gasteiger partial charge in [0.15, 0.2) is 0 Å². The van der Waals surface area contributed by atoms with Crippen LogP contribution in [0.25, 0.3) is 43.6 Å². The number of nitrogens with one attached hydrogen (secondary N) is 7. The van der Waals surface area contributed by atoms with E-state index in [1.54, 1.807) is 47.0 Å². The molecule has 1 atom stereocenters. The second-order valence-electron chi connectivity index (χ2n) is 33.8. The van der Waals surface area contributed by atoms with Gasteiger partial charge in [0.05, 0.1) is 54.4 Å². The van der Waals surface area contributed by atoms with Gasteiger partial charge in [-0.05, 0) is 193 Å². The number of para-hydroxylation sites is 4. The molecule has 13 N–H and O–H groups in total. The third kappa shape index (κ3) is 26.5. The first-order chi connectivity index (χ1) is 67.4. The van der Waals surface area contributed by atoms with Crippen LogP contribution in [0.3, 0.4) is 0 Å². The average molecular weight is 1900 g/mol. The third-order valence-corrected chi connectivity index (χ3v) is 29.4. The van der Waals surface area contributed by atoms with Gasteiger partial charge in [0, 0.05) is 131 Å². The number of fused-ring (bicyclic) bond motifs is 4. The molecule has 19 rings (SSSR count). The molecule has 1 unspecified atom stereocenters. The van der Waals surface area contributed by atoms with Gasteiger partial charge in [0.1, 0.15) is 23.3 Å². The molecule has 2 saturated heterocycles. The van der Waals surface area contributed by atoms with Gasteiger partial charge < -0.3 is 73.0 Å². The van der Waals surface area contributed by atoms with Crippen LogP contribution >= 0.6 is 47.0 Å². The molecule has 1 saturated carbocycles. The van der Waals surface area contributed by atoms with E-state index in [-0.39, 0.29) is 38.3 Å². The van der Waals surface area contributed by atoms with E-state index in [4.69, 9.17) is 50.3 Å². The molecule has 16 aromatic rings. The maximum absolute atomic E-state index is 11.9. The fourth-order valence-electron chi connectivity index (χ4n) is 16.8. The predicted molar refractivity (Wildman–Crippen MR) is 559 cm³/mol. The molecular weight excluding hydrogens is 1780 g/mol. The van der Waals surface area contributed by atoms with Gasteiger partial charge in [0.25, 0.3) is 0 Å². The number of benzene rings is 12. The van der Waals surface area contributed by atoms with E-state index in [1.165, 1.54) is 37.7 Å². The lowest BCUT2D eigenvalue weighted by molar-refractivity contribution is -0.122. The van der Waals surface area contributed by atoms with Crippen LogP contribution in [0.5, 0.6) is 0 Å². The van der Waals surface area contributed by atoms with Crippen molar-refractivity contribution in [2.24, 2.45) is 11.7 Å². The molecule has 3 aliphatic rings. The first-order valence-corrected chi connectivity index (χ1v) is 50.4. The van der Waals surface area contributed by atoms with Gasteiger partial charge in [-0.3, -0.25) is 4.79 Å². The maximum atomic E-state index is 11.9. The zero-order valence-electron chi connectivity index (χ0n) is 77.1. The highest BCUT2D eigenvalue weighted by atomic mass is 32.2. The van der Waals surface area contributed by atoms with Crippen molar-refractivity contribution in [2.75, 3.05) is 68.4 Å². The molecule has 0 spiro atoms. The average Bonchev–Trinajstić information content (AvgIpc) is 0.912. The van der Waals surface area contributed by atoms with Crippen LogP contribution in [-0.4, -0.2) is 111 Å². The largest absolute Gasteiger partial charge is 0.392 e. The Kier molecular flexibility index (Phi) is 35.3. The molecule has 12 aromatic carbocycles. The normalized spacial score (nSPS) is 13.9. The minimum atomic E-state index is -0.256. The summed E-state index contributed by atoms with van der Waals surface area (Å²) < 4.78 is 5.50. The highest BCUT2D eigenvalue weighted by molar-refractivity contribution is 8.00. The van der Waals surface area contributed by atoms with E-state index in [0.717, 1.165) is 203 Å². The predicted octanol–water partition coefficient (Wildman–Crippen LogP) is 23.2. The van der Waals surface area contributed by atoms with Gasteiger partial charge in [-0.2, -0.15) is 19.9 Å². The van der Waals surface area contributed by atoms with Gasteiger partial charge in [-0.15, -0.1) is 0 Å². The first kappa shape index (κ1) is 97.2. The van der Waals surface area contributed by atoms with E-state index in [2.05, 4.69) is 135 Å². The van der Waals surface area contributed by atoms with Crippen LogP contribution in [0, 0.1) is 5.92 Å². The third-order valence-electron chi connectivity index (χ3n) is 24.4. The van der Waals surface area contributed by atoms with E-state index in [0.29, 0.717) is 74.6 Å². The van der Waals surface area contributed by atoms with E-state index in [1.807, 2.05) is 212 Å². The molecular formula is C110H117N17O6S4. The Morgan fingerprint density at radius 2 is 0.642 bits per heavy atom. The summed E-state index contributed by atoms with van der Waals surface area (Å²) >= 11 is 6.65. The Balaban J connectivity index is 0.000000132. The molecule has 4 aromatic heterocycles. The van der Waals surface area contributed by atoms with E-state index >= 15 is 0 Å². The molecule has 702 valence electrons. The number of piperidine rings is 1. The maximum Gasteiger partial charge on any atom is 0.225 e. The number of hydrogen-bond acceptors (Lipinski definition) is 26. The second-order valence-corrected chi connectivity index (χ2v) is 38.1. The van der Waals surface area contributed by atoms with Crippen LogP contribution in [0.15, 0.2) is 330 Å². The number of ether oxygens (including phenoxy) is 1. The Labute approximate surface area is 817 Å². The van der Waals surface area contributed by atoms with Crippen molar-refractivity contribution in [3.8, 4) is 0 Å². The number of carbonyl (C=O) groups excluding carboxylic acids is 1. The van der Waals surface area contributed by atoms with Gasteiger partial charge in [-0.25, -0.2) is 19.9 Å². The topological polar surface area (TPSA) is 324 Å². The van der Waals surface area contributed by atoms with Gasteiger partial charge >= 0.3 is 0 Å². The van der Waals surface area contributed by atoms with E-state index in [9.17, 15) is 25.2 Å². The Bertz CT molecular complexity index is 6490. The molecule has 23 nitrogen and oxygen atoms in total. The van der Waals surface area contributed by atoms with Crippen molar-refractivity contribution in [3.63, 3.8) is 0 Å². The number of nitrogens with zero attached hydrogens (tertiary/aromatic N) is 9. The highest BCUT2D eigenvalue weighted by Gasteiger charge is 2.28. The van der Waals surface area contributed by atoms with Gasteiger partial charge in [0.2, 0.25) is 29.7 Å². The summed E-state index contributed by atoms with van der Waals surface area (Å²) in [7, 11) is 0. The molecule has 3 fully saturated rings. The van der Waals surface area contributed by atoms with Crippen molar-refractivity contribution >= 4 is 144 Å². The number of carbonyl (C=O) groups is 1. The lowest BCUT2D eigenvalue weighted by Crippen LogP contribution is -2.41. The summed E-state index contributed by atoms with van der Waals surface area (Å²) in [4.78, 5) is 61.2. The zero-order valence-corrected chi connectivity index (χ0v) is 80.4. The van der Waals surface area contributed by atoms with Crippen LogP contribution < -0.4 is 47.9 Å². The van der Waals surface area contributed by atoms with Crippen LogP contribution in [0.2, 0.25) is 0 Å². The summed E-state index contributed by atoms with van der Waals surface area (Å²) in [5, 5.41) is 67.5. The fraction of sp³-hybridized carbons (Fsp3) is 0.264. The number of primary amides is 1. The smallest absolute Gasteiger partial charge is 0.225 e. The lowest BCUT2D eigenvalue weighted by atomic mass is 9.95. The number of aliphatic hydroxyl groups is 4. The van der Waals surface area contributed by atoms with Crippen molar-refractivity contribution < 1.29 is 30.0 Å². The lowest BCUT2D eigenvalue weighted by Gasteiger charge is -2.32. The van der Waals surface area contributed by atoms with Crippen LogP contribution in [0.1, 0.15) is 129 Å². The van der Waals surface area contributed by atoms with Crippen molar-refractivity contribution in [1.29, 1.82) is 0 Å². The quantitative estimate of drug-likeness (QED) is 0.0178. The minimum Gasteiger partial charge on any atom is -0.392 e. The second kappa shape index (κ2) is 49.7. The fourth-order valence-corrected chi connectivity index (χ4v) is 21.1.